The van der Waals surface area contributed by atoms with Crippen LogP contribution in [0.4, 0.5) is 10.5 Å². The molecule has 0 aliphatic carbocycles. The van der Waals surface area contributed by atoms with E-state index in [9.17, 15) is 9.59 Å². The molecule has 1 aromatic rings. The molecule has 0 unspecified atom stereocenters. The fourth-order valence-electron chi connectivity index (χ4n) is 2.30. The van der Waals surface area contributed by atoms with Crippen LogP contribution in [-0.4, -0.2) is 49.7 Å². The first-order chi connectivity index (χ1) is 11.1. The average molecular weight is 321 g/mol. The molecule has 1 heterocycles. The van der Waals surface area contributed by atoms with Gasteiger partial charge in [-0.1, -0.05) is 0 Å². The average Bonchev–Trinajstić information content (AvgIpc) is 2.74. The number of carbonyl (C=O) groups excluding carboxylic acids is 2. The molecule has 1 aliphatic heterocycles. The number of nitrogens with zero attached hydrogens (tertiary/aromatic N) is 1. The Balaban J connectivity index is 2.09. The predicted octanol–water partition coefficient (Wildman–Crippen LogP) is 1.59. The van der Waals surface area contributed by atoms with Gasteiger partial charge >= 0.3 is 6.03 Å². The van der Waals surface area contributed by atoms with Crippen molar-refractivity contribution in [1.82, 2.24) is 10.2 Å². The number of benzene rings is 1. The molecule has 1 aliphatic rings. The lowest BCUT2D eigenvalue weighted by atomic mass is 10.1. The van der Waals surface area contributed by atoms with Gasteiger partial charge in [0.25, 0.3) is 0 Å². The lowest BCUT2D eigenvalue weighted by molar-refractivity contribution is -0.136. The maximum absolute atomic E-state index is 12.1. The Kier molecular flexibility index (Phi) is 6.22. The van der Waals surface area contributed by atoms with Crippen LogP contribution in [-0.2, 0) is 16.1 Å². The topological polar surface area (TPSA) is 79.9 Å². The zero-order valence-corrected chi connectivity index (χ0v) is 13.6. The Morgan fingerprint density at radius 2 is 2.17 bits per heavy atom. The van der Waals surface area contributed by atoms with Gasteiger partial charge in [-0.2, -0.15) is 0 Å². The largest absolute Gasteiger partial charge is 0.491 e. The first-order valence-corrected chi connectivity index (χ1v) is 7.80. The molecule has 0 saturated heterocycles. The number of amides is 3. The molecule has 0 aromatic heterocycles. The van der Waals surface area contributed by atoms with E-state index in [0.29, 0.717) is 38.5 Å². The molecule has 1 aromatic carbocycles. The molecule has 0 radical (unpaired) electrons. The van der Waals surface area contributed by atoms with Crippen molar-refractivity contribution in [1.29, 1.82) is 0 Å². The first-order valence-electron chi connectivity index (χ1n) is 7.80. The number of fused-ring (bicyclic) bond motifs is 1. The van der Waals surface area contributed by atoms with E-state index in [1.807, 2.05) is 26.0 Å². The summed E-state index contributed by atoms with van der Waals surface area (Å²) < 4.78 is 10.9. The molecule has 7 nitrogen and oxygen atoms in total. The van der Waals surface area contributed by atoms with Crippen LogP contribution in [0.25, 0.3) is 0 Å². The molecule has 7 heteroatoms. The van der Waals surface area contributed by atoms with Crippen molar-refractivity contribution in [3.63, 3.8) is 0 Å². The number of urea groups is 1. The highest BCUT2D eigenvalue weighted by molar-refractivity contribution is 5.89. The fraction of sp³-hybridized carbons (Fsp3) is 0.500. The summed E-state index contributed by atoms with van der Waals surface area (Å²) in [6.07, 6.45) is 0. The Morgan fingerprint density at radius 3 is 2.91 bits per heavy atom. The molecular formula is C16H23N3O4. The molecular weight excluding hydrogens is 298 g/mol. The van der Waals surface area contributed by atoms with Gasteiger partial charge in [0.1, 0.15) is 19.0 Å². The summed E-state index contributed by atoms with van der Waals surface area (Å²) in [5, 5.41) is 5.43. The maximum atomic E-state index is 12.1. The van der Waals surface area contributed by atoms with Crippen LogP contribution in [0.15, 0.2) is 18.2 Å². The van der Waals surface area contributed by atoms with Gasteiger partial charge in [0, 0.05) is 30.9 Å². The predicted molar refractivity (Wildman–Crippen MR) is 86.5 cm³/mol. The van der Waals surface area contributed by atoms with Gasteiger partial charge < -0.3 is 25.0 Å². The van der Waals surface area contributed by atoms with Gasteiger partial charge in [0.2, 0.25) is 5.91 Å². The second-order valence-electron chi connectivity index (χ2n) is 5.11. The Hall–Kier alpha value is -2.28. The van der Waals surface area contributed by atoms with Crippen molar-refractivity contribution >= 4 is 17.6 Å². The molecule has 0 saturated carbocycles. The summed E-state index contributed by atoms with van der Waals surface area (Å²) >= 11 is 0. The van der Waals surface area contributed by atoms with Crippen molar-refractivity contribution in [2.45, 2.75) is 20.4 Å². The molecule has 3 amide bonds. The molecule has 0 bridgehead atoms. The van der Waals surface area contributed by atoms with Crippen LogP contribution in [0.1, 0.15) is 19.4 Å². The van der Waals surface area contributed by atoms with Crippen molar-refractivity contribution in [3.05, 3.63) is 23.8 Å². The monoisotopic (exact) mass is 321 g/mol. The van der Waals surface area contributed by atoms with Crippen LogP contribution < -0.4 is 15.4 Å². The van der Waals surface area contributed by atoms with E-state index in [1.165, 1.54) is 0 Å². The summed E-state index contributed by atoms with van der Waals surface area (Å²) in [6.45, 7) is 6.23. The standard InChI is InChI=1S/C16H23N3O4/c1-3-17-16(21)18-13-5-6-14-12(9-13)10-19(7-8-23-14)15(20)11-22-4-2/h5-6,9H,3-4,7-8,10-11H2,1-2H3,(H2,17,18,21). The summed E-state index contributed by atoms with van der Waals surface area (Å²) in [6, 6.07) is 5.17. The van der Waals surface area contributed by atoms with Crippen molar-refractivity contribution in [3.8, 4) is 5.75 Å². The number of hydrogen-bond donors (Lipinski definition) is 2. The third kappa shape index (κ3) is 4.85. The van der Waals surface area contributed by atoms with Gasteiger partial charge in [-0.15, -0.1) is 0 Å². The van der Waals surface area contributed by atoms with E-state index >= 15 is 0 Å². The molecule has 0 fully saturated rings. The van der Waals surface area contributed by atoms with Gasteiger partial charge in [0.05, 0.1) is 6.54 Å². The Morgan fingerprint density at radius 1 is 1.35 bits per heavy atom. The minimum absolute atomic E-state index is 0.0645. The Labute approximate surface area is 135 Å². The number of rotatable bonds is 5. The smallest absolute Gasteiger partial charge is 0.319 e. The van der Waals surface area contributed by atoms with E-state index in [0.717, 1.165) is 11.3 Å². The maximum Gasteiger partial charge on any atom is 0.319 e. The van der Waals surface area contributed by atoms with Gasteiger partial charge in [-0.3, -0.25) is 4.79 Å². The third-order valence-corrected chi connectivity index (χ3v) is 3.42. The molecule has 23 heavy (non-hydrogen) atoms. The number of ether oxygens (including phenoxy) is 2. The van der Waals surface area contributed by atoms with Gasteiger partial charge in [-0.05, 0) is 32.0 Å². The number of hydrogen-bond acceptors (Lipinski definition) is 4. The molecule has 0 spiro atoms. The van der Waals surface area contributed by atoms with E-state index in [-0.39, 0.29) is 18.5 Å². The van der Waals surface area contributed by atoms with Gasteiger partial charge in [-0.25, -0.2) is 4.79 Å². The van der Waals surface area contributed by atoms with Crippen LogP contribution in [0.5, 0.6) is 5.75 Å². The highest BCUT2D eigenvalue weighted by Gasteiger charge is 2.20. The third-order valence-electron chi connectivity index (χ3n) is 3.42. The highest BCUT2D eigenvalue weighted by Crippen LogP contribution is 2.26. The molecule has 2 rings (SSSR count). The SMILES string of the molecule is CCNC(=O)Nc1ccc2c(c1)CN(C(=O)COCC)CCO2. The Bertz CT molecular complexity index is 562. The fourth-order valence-corrected chi connectivity index (χ4v) is 2.30. The lowest BCUT2D eigenvalue weighted by Gasteiger charge is -2.19. The van der Waals surface area contributed by atoms with Crippen molar-refractivity contribution < 1.29 is 19.1 Å². The first kappa shape index (κ1) is 17.1. The van der Waals surface area contributed by atoms with Crippen LogP contribution in [0.3, 0.4) is 0 Å². The minimum atomic E-state index is -0.258. The number of carbonyl (C=O) groups is 2. The van der Waals surface area contributed by atoms with Crippen LogP contribution in [0, 0.1) is 0 Å². The van der Waals surface area contributed by atoms with Crippen molar-refractivity contribution in [2.24, 2.45) is 0 Å². The van der Waals surface area contributed by atoms with Gasteiger partial charge in [0.15, 0.2) is 0 Å². The summed E-state index contributed by atoms with van der Waals surface area (Å²) in [7, 11) is 0. The second-order valence-corrected chi connectivity index (χ2v) is 5.11. The summed E-state index contributed by atoms with van der Waals surface area (Å²) in [5.74, 6) is 0.670. The second kappa shape index (κ2) is 8.38. The van der Waals surface area contributed by atoms with E-state index in [4.69, 9.17) is 9.47 Å². The van der Waals surface area contributed by atoms with Crippen LogP contribution in [0.2, 0.25) is 0 Å². The summed E-state index contributed by atoms with van der Waals surface area (Å²) in [4.78, 5) is 25.4. The van der Waals surface area contributed by atoms with Crippen molar-refractivity contribution in [2.75, 3.05) is 38.2 Å². The molecule has 126 valence electrons. The minimum Gasteiger partial charge on any atom is -0.491 e. The molecule has 0 atom stereocenters. The zero-order valence-electron chi connectivity index (χ0n) is 13.6. The highest BCUT2D eigenvalue weighted by atomic mass is 16.5. The van der Waals surface area contributed by atoms with E-state index < -0.39 is 0 Å². The molecule has 2 N–H and O–H groups in total. The van der Waals surface area contributed by atoms with Crippen LogP contribution >= 0.6 is 0 Å². The lowest BCUT2D eigenvalue weighted by Crippen LogP contribution is -2.35. The quantitative estimate of drug-likeness (QED) is 0.863. The summed E-state index contributed by atoms with van der Waals surface area (Å²) in [5.41, 5.74) is 1.53. The van der Waals surface area contributed by atoms with E-state index in [2.05, 4.69) is 10.6 Å². The van der Waals surface area contributed by atoms with E-state index in [1.54, 1.807) is 11.0 Å². The normalized spacial score (nSPS) is 13.6. The number of anilines is 1. The zero-order chi connectivity index (χ0) is 16.7. The number of nitrogens with one attached hydrogen (secondary N) is 2.